The Kier molecular flexibility index (Phi) is 5.20. The highest BCUT2D eigenvalue weighted by atomic mass is 16.3. The van der Waals surface area contributed by atoms with Gasteiger partial charge in [0.1, 0.15) is 11.3 Å². The van der Waals surface area contributed by atoms with E-state index in [1.807, 2.05) is 48.2 Å². The standard InChI is InChI=1S/C25H28N4O4/c1-2-26-21-15-19(7-8-20(21)27-33)17-3-5-18(6-4-17)22(30)29-14-13-28(16-24(29)9-10-24)23(31)25(32)11-12-25/h3-8,15,26,32H,2,9-14,16H2,1H3. The van der Waals surface area contributed by atoms with Gasteiger partial charge in [-0.15, -0.1) is 4.91 Å². The molecule has 8 nitrogen and oxygen atoms in total. The Bertz CT molecular complexity index is 1110. The predicted molar refractivity (Wildman–Crippen MR) is 125 cm³/mol. The fourth-order valence-corrected chi connectivity index (χ4v) is 4.76. The van der Waals surface area contributed by atoms with Crippen molar-refractivity contribution in [2.75, 3.05) is 31.5 Å². The number of rotatable bonds is 6. The van der Waals surface area contributed by atoms with Crippen LogP contribution in [-0.2, 0) is 4.79 Å². The number of carbonyl (C=O) groups excluding carboxylic acids is 2. The van der Waals surface area contributed by atoms with Crippen molar-refractivity contribution in [2.24, 2.45) is 5.18 Å². The van der Waals surface area contributed by atoms with Crippen LogP contribution in [-0.4, -0.2) is 64.0 Å². The number of carbonyl (C=O) groups is 2. The van der Waals surface area contributed by atoms with Crippen LogP contribution in [0, 0.1) is 4.91 Å². The number of piperazine rings is 1. The predicted octanol–water partition coefficient (Wildman–Crippen LogP) is 3.53. The fourth-order valence-electron chi connectivity index (χ4n) is 4.76. The minimum absolute atomic E-state index is 0.0230. The zero-order chi connectivity index (χ0) is 23.2. The molecule has 1 saturated heterocycles. The van der Waals surface area contributed by atoms with Crippen LogP contribution in [0.1, 0.15) is 43.0 Å². The quantitative estimate of drug-likeness (QED) is 0.659. The summed E-state index contributed by atoms with van der Waals surface area (Å²) in [5.41, 5.74) is 2.08. The van der Waals surface area contributed by atoms with Crippen molar-refractivity contribution >= 4 is 23.2 Å². The zero-order valence-corrected chi connectivity index (χ0v) is 18.7. The van der Waals surface area contributed by atoms with E-state index >= 15 is 0 Å². The molecule has 1 spiro atoms. The first-order chi connectivity index (χ1) is 15.9. The summed E-state index contributed by atoms with van der Waals surface area (Å²) in [6, 6.07) is 12.9. The van der Waals surface area contributed by atoms with E-state index in [0.717, 1.165) is 24.0 Å². The Morgan fingerprint density at radius 1 is 1.03 bits per heavy atom. The van der Waals surface area contributed by atoms with Gasteiger partial charge >= 0.3 is 0 Å². The molecular formula is C25H28N4O4. The molecule has 2 aromatic carbocycles. The number of hydrogen-bond donors (Lipinski definition) is 2. The molecule has 0 unspecified atom stereocenters. The van der Waals surface area contributed by atoms with Crippen molar-refractivity contribution < 1.29 is 14.7 Å². The third-order valence-electron chi connectivity index (χ3n) is 7.06. The molecule has 1 aliphatic heterocycles. The molecule has 0 aromatic heterocycles. The molecule has 33 heavy (non-hydrogen) atoms. The first-order valence-corrected chi connectivity index (χ1v) is 11.5. The highest BCUT2D eigenvalue weighted by molar-refractivity contribution is 5.96. The van der Waals surface area contributed by atoms with Gasteiger partial charge in [-0.1, -0.05) is 18.2 Å². The Morgan fingerprint density at radius 3 is 2.33 bits per heavy atom. The van der Waals surface area contributed by atoms with E-state index in [4.69, 9.17) is 0 Å². The lowest BCUT2D eigenvalue weighted by atomic mass is 10.0. The van der Waals surface area contributed by atoms with E-state index in [-0.39, 0.29) is 17.4 Å². The summed E-state index contributed by atoms with van der Waals surface area (Å²) in [6.07, 6.45) is 2.83. The van der Waals surface area contributed by atoms with E-state index < -0.39 is 5.60 Å². The second-order valence-corrected chi connectivity index (χ2v) is 9.37. The summed E-state index contributed by atoms with van der Waals surface area (Å²) in [5.74, 6) is -0.205. The van der Waals surface area contributed by atoms with Crippen molar-refractivity contribution in [3.05, 3.63) is 52.9 Å². The number of nitrogens with zero attached hydrogens (tertiary/aromatic N) is 3. The first kappa shape index (κ1) is 21.6. The van der Waals surface area contributed by atoms with Crippen molar-refractivity contribution in [1.82, 2.24) is 9.80 Å². The van der Waals surface area contributed by atoms with Crippen molar-refractivity contribution in [3.63, 3.8) is 0 Å². The summed E-state index contributed by atoms with van der Waals surface area (Å²) in [4.78, 5) is 40.6. The van der Waals surface area contributed by atoms with Gasteiger partial charge in [0.2, 0.25) is 0 Å². The monoisotopic (exact) mass is 448 g/mol. The van der Waals surface area contributed by atoms with Gasteiger partial charge in [0.15, 0.2) is 0 Å². The molecule has 1 heterocycles. The summed E-state index contributed by atoms with van der Waals surface area (Å²) in [5, 5.41) is 16.4. The molecule has 8 heteroatoms. The van der Waals surface area contributed by atoms with Crippen LogP contribution in [0.3, 0.4) is 0 Å². The Labute approximate surface area is 192 Å². The highest BCUT2D eigenvalue weighted by Crippen LogP contribution is 2.46. The average molecular weight is 449 g/mol. The molecule has 2 aromatic rings. The van der Waals surface area contributed by atoms with Crippen LogP contribution in [0.25, 0.3) is 11.1 Å². The number of hydrogen-bond acceptors (Lipinski definition) is 6. The molecule has 0 atom stereocenters. The molecular weight excluding hydrogens is 420 g/mol. The van der Waals surface area contributed by atoms with Crippen LogP contribution in [0.2, 0.25) is 0 Å². The van der Waals surface area contributed by atoms with Crippen LogP contribution >= 0.6 is 0 Å². The molecule has 2 amide bonds. The van der Waals surface area contributed by atoms with Gasteiger partial charge in [-0.3, -0.25) is 9.59 Å². The lowest BCUT2D eigenvalue weighted by molar-refractivity contribution is -0.145. The van der Waals surface area contributed by atoms with Crippen LogP contribution in [0.5, 0.6) is 0 Å². The number of anilines is 1. The van der Waals surface area contributed by atoms with E-state index in [1.165, 1.54) is 0 Å². The zero-order valence-electron chi connectivity index (χ0n) is 18.7. The minimum Gasteiger partial charge on any atom is -0.383 e. The average Bonchev–Trinajstić information content (AvgIpc) is 3.77. The molecule has 0 radical (unpaired) electrons. The van der Waals surface area contributed by atoms with Crippen LogP contribution in [0.15, 0.2) is 47.6 Å². The second-order valence-electron chi connectivity index (χ2n) is 9.37. The molecule has 3 fully saturated rings. The molecule has 2 saturated carbocycles. The summed E-state index contributed by atoms with van der Waals surface area (Å²) < 4.78 is 0. The Morgan fingerprint density at radius 2 is 1.73 bits per heavy atom. The van der Waals surface area contributed by atoms with Gasteiger partial charge in [0.25, 0.3) is 11.8 Å². The van der Waals surface area contributed by atoms with E-state index in [0.29, 0.717) is 56.0 Å². The topological polar surface area (TPSA) is 102 Å². The van der Waals surface area contributed by atoms with Gasteiger partial charge in [-0.2, -0.15) is 0 Å². The summed E-state index contributed by atoms with van der Waals surface area (Å²) in [6.45, 7) is 4.07. The van der Waals surface area contributed by atoms with Crippen molar-refractivity contribution in [1.29, 1.82) is 0 Å². The lowest BCUT2D eigenvalue weighted by Gasteiger charge is -2.43. The van der Waals surface area contributed by atoms with Crippen LogP contribution in [0.4, 0.5) is 11.4 Å². The lowest BCUT2D eigenvalue weighted by Crippen LogP contribution is -2.60. The number of amides is 2. The molecule has 2 N–H and O–H groups in total. The smallest absolute Gasteiger partial charge is 0.254 e. The van der Waals surface area contributed by atoms with Gasteiger partial charge < -0.3 is 20.2 Å². The molecule has 172 valence electrons. The first-order valence-electron chi connectivity index (χ1n) is 11.5. The number of benzene rings is 2. The van der Waals surface area contributed by atoms with E-state index in [9.17, 15) is 19.6 Å². The number of nitrogens with one attached hydrogen (secondary N) is 1. The van der Waals surface area contributed by atoms with Gasteiger partial charge in [0.05, 0.1) is 11.2 Å². The van der Waals surface area contributed by atoms with Crippen LogP contribution < -0.4 is 5.32 Å². The molecule has 2 aliphatic carbocycles. The third kappa shape index (κ3) is 3.88. The maximum atomic E-state index is 13.3. The third-order valence-corrected chi connectivity index (χ3v) is 7.06. The maximum absolute atomic E-state index is 13.3. The molecule has 5 rings (SSSR count). The minimum atomic E-state index is -1.16. The van der Waals surface area contributed by atoms with E-state index in [1.54, 1.807) is 11.0 Å². The van der Waals surface area contributed by atoms with Gasteiger partial charge in [-0.25, -0.2) is 0 Å². The number of nitroso groups, excluding NO2 is 1. The Balaban J connectivity index is 1.31. The fraction of sp³-hybridized carbons (Fsp3) is 0.440. The highest BCUT2D eigenvalue weighted by Gasteiger charge is 2.57. The molecule has 3 aliphatic rings. The summed E-state index contributed by atoms with van der Waals surface area (Å²) >= 11 is 0. The normalized spacial score (nSPS) is 19.8. The Hall–Kier alpha value is -3.26. The SMILES string of the molecule is CCNc1cc(-c2ccc(C(=O)N3CCN(C(=O)C4(O)CC4)CC34CC4)cc2)ccc1N=O. The van der Waals surface area contributed by atoms with Crippen molar-refractivity contribution in [2.45, 2.75) is 43.7 Å². The summed E-state index contributed by atoms with van der Waals surface area (Å²) in [7, 11) is 0. The maximum Gasteiger partial charge on any atom is 0.254 e. The van der Waals surface area contributed by atoms with E-state index in [2.05, 4.69) is 10.5 Å². The second kappa shape index (κ2) is 7.95. The van der Waals surface area contributed by atoms with Gasteiger partial charge in [-0.05, 0) is 73.2 Å². The molecule has 0 bridgehead atoms. The van der Waals surface area contributed by atoms with Crippen molar-refractivity contribution in [3.8, 4) is 11.1 Å². The number of aliphatic hydroxyl groups is 1. The largest absolute Gasteiger partial charge is 0.383 e. The van der Waals surface area contributed by atoms with Gasteiger partial charge in [0, 0.05) is 31.7 Å².